The Morgan fingerprint density at radius 1 is 1.26 bits per heavy atom. The topological polar surface area (TPSA) is 89.9 Å². The Labute approximate surface area is 116 Å². The molecular weight excluding hydrogens is 264 g/mol. The normalized spacial score (nSPS) is 16.4. The Balaban J connectivity index is 1.83. The maximum absolute atomic E-state index is 12.1. The molecule has 0 aliphatic carbocycles. The molecule has 106 valence electrons. The summed E-state index contributed by atoms with van der Waals surface area (Å²) in [6, 6.07) is 0. The number of tetrazole rings is 1. The number of nitrogens with zero attached hydrogens (tertiary/aromatic N) is 5. The van der Waals surface area contributed by atoms with E-state index in [1.165, 1.54) is 24.6 Å². The first-order chi connectivity index (χ1) is 9.31. The molecule has 1 fully saturated rings. The molecule has 1 saturated heterocycles. The number of hydrogen-bond acceptors (Lipinski definition) is 6. The highest BCUT2D eigenvalue weighted by atomic mass is 32.2. The number of aromatic nitrogens is 4. The lowest BCUT2D eigenvalue weighted by atomic mass is 10.2. The molecule has 7 nitrogen and oxygen atoms in total. The van der Waals surface area contributed by atoms with E-state index >= 15 is 0 Å². The molecule has 2 heterocycles. The smallest absolute Gasteiger partial charge is 0.233 e. The van der Waals surface area contributed by atoms with Crippen molar-refractivity contribution < 1.29 is 4.79 Å². The van der Waals surface area contributed by atoms with Gasteiger partial charge in [0.2, 0.25) is 11.1 Å². The first kappa shape index (κ1) is 14.3. The van der Waals surface area contributed by atoms with Gasteiger partial charge in [0.1, 0.15) is 0 Å². The third kappa shape index (κ3) is 4.17. The second kappa shape index (κ2) is 7.44. The predicted molar refractivity (Wildman–Crippen MR) is 72.6 cm³/mol. The molecule has 1 amide bonds. The fourth-order valence-corrected chi connectivity index (χ4v) is 2.91. The fourth-order valence-electron chi connectivity index (χ4n) is 2.10. The van der Waals surface area contributed by atoms with Crippen LogP contribution in [0.15, 0.2) is 5.16 Å². The Morgan fingerprint density at radius 3 is 2.68 bits per heavy atom. The second-order valence-corrected chi connectivity index (χ2v) is 5.50. The molecule has 0 spiro atoms. The van der Waals surface area contributed by atoms with Crippen LogP contribution in [0.25, 0.3) is 0 Å². The van der Waals surface area contributed by atoms with Crippen molar-refractivity contribution in [1.82, 2.24) is 25.1 Å². The maximum Gasteiger partial charge on any atom is 0.233 e. The molecule has 1 aromatic heterocycles. The van der Waals surface area contributed by atoms with Crippen molar-refractivity contribution in [2.24, 2.45) is 5.73 Å². The second-order valence-electron chi connectivity index (χ2n) is 4.56. The molecule has 0 radical (unpaired) electrons. The van der Waals surface area contributed by atoms with Crippen molar-refractivity contribution in [1.29, 1.82) is 0 Å². The van der Waals surface area contributed by atoms with Crippen LogP contribution >= 0.6 is 11.8 Å². The van der Waals surface area contributed by atoms with Gasteiger partial charge in [-0.2, -0.15) is 0 Å². The van der Waals surface area contributed by atoms with Crippen molar-refractivity contribution in [3.8, 4) is 0 Å². The van der Waals surface area contributed by atoms with Crippen LogP contribution in [0.3, 0.4) is 0 Å². The average Bonchev–Trinajstić information content (AvgIpc) is 2.68. The van der Waals surface area contributed by atoms with Gasteiger partial charge in [-0.25, -0.2) is 4.68 Å². The van der Waals surface area contributed by atoms with Crippen molar-refractivity contribution >= 4 is 17.7 Å². The van der Waals surface area contributed by atoms with E-state index in [-0.39, 0.29) is 5.91 Å². The van der Waals surface area contributed by atoms with E-state index in [0.717, 1.165) is 25.9 Å². The zero-order chi connectivity index (χ0) is 13.5. The van der Waals surface area contributed by atoms with E-state index in [9.17, 15) is 4.79 Å². The van der Waals surface area contributed by atoms with Gasteiger partial charge in [0, 0.05) is 19.6 Å². The SMILES string of the molecule is NCCn1nnnc1SCC(=O)N1CCCCCC1. The van der Waals surface area contributed by atoms with Crippen molar-refractivity contribution in [3.05, 3.63) is 0 Å². The molecule has 1 aliphatic heterocycles. The highest BCUT2D eigenvalue weighted by molar-refractivity contribution is 7.99. The standard InChI is InChI=1S/C11H20N6OS/c12-5-8-17-11(13-14-15-17)19-9-10(18)16-6-3-1-2-4-7-16/h1-9,12H2. The Hall–Kier alpha value is -1.15. The molecule has 0 unspecified atom stereocenters. The van der Waals surface area contributed by atoms with Gasteiger partial charge < -0.3 is 10.6 Å². The first-order valence-corrected chi connectivity index (χ1v) is 7.66. The van der Waals surface area contributed by atoms with Gasteiger partial charge in [0.25, 0.3) is 0 Å². The van der Waals surface area contributed by atoms with Crippen LogP contribution < -0.4 is 5.73 Å². The minimum Gasteiger partial charge on any atom is -0.342 e. The van der Waals surface area contributed by atoms with Crippen molar-refractivity contribution in [3.63, 3.8) is 0 Å². The summed E-state index contributed by atoms with van der Waals surface area (Å²) in [5, 5.41) is 12.0. The van der Waals surface area contributed by atoms with Crippen LogP contribution in [0.4, 0.5) is 0 Å². The summed E-state index contributed by atoms with van der Waals surface area (Å²) in [6.45, 7) is 2.83. The fraction of sp³-hybridized carbons (Fsp3) is 0.818. The number of likely N-dealkylation sites (tertiary alicyclic amines) is 1. The lowest BCUT2D eigenvalue weighted by Gasteiger charge is -2.19. The summed E-state index contributed by atoms with van der Waals surface area (Å²) in [5.74, 6) is 0.569. The summed E-state index contributed by atoms with van der Waals surface area (Å²) in [4.78, 5) is 14.1. The van der Waals surface area contributed by atoms with Gasteiger partial charge in [-0.15, -0.1) is 5.10 Å². The zero-order valence-corrected chi connectivity index (χ0v) is 11.8. The monoisotopic (exact) mass is 284 g/mol. The molecule has 0 saturated carbocycles. The highest BCUT2D eigenvalue weighted by Crippen LogP contribution is 2.16. The maximum atomic E-state index is 12.1. The lowest BCUT2D eigenvalue weighted by molar-refractivity contribution is -0.128. The van der Waals surface area contributed by atoms with Crippen LogP contribution in [0.2, 0.25) is 0 Å². The zero-order valence-electron chi connectivity index (χ0n) is 11.0. The quantitative estimate of drug-likeness (QED) is 0.773. The van der Waals surface area contributed by atoms with Crippen LogP contribution in [-0.2, 0) is 11.3 Å². The molecule has 0 atom stereocenters. The molecule has 0 bridgehead atoms. The van der Waals surface area contributed by atoms with E-state index in [1.807, 2.05) is 4.90 Å². The average molecular weight is 284 g/mol. The first-order valence-electron chi connectivity index (χ1n) is 6.68. The molecule has 1 aromatic rings. The summed E-state index contributed by atoms with van der Waals surface area (Å²) < 4.78 is 1.64. The van der Waals surface area contributed by atoms with Gasteiger partial charge in [-0.3, -0.25) is 4.79 Å². The van der Waals surface area contributed by atoms with Crippen LogP contribution in [0.1, 0.15) is 25.7 Å². The molecule has 8 heteroatoms. The Bertz CT molecular complexity index is 402. The third-order valence-electron chi connectivity index (χ3n) is 3.12. The molecule has 2 rings (SSSR count). The Kier molecular flexibility index (Phi) is 5.59. The summed E-state index contributed by atoms with van der Waals surface area (Å²) in [6.07, 6.45) is 4.68. The largest absolute Gasteiger partial charge is 0.342 e. The third-order valence-corrected chi connectivity index (χ3v) is 4.07. The van der Waals surface area contributed by atoms with E-state index in [2.05, 4.69) is 15.5 Å². The van der Waals surface area contributed by atoms with Crippen LogP contribution in [-0.4, -0.2) is 56.4 Å². The summed E-state index contributed by atoms with van der Waals surface area (Å²) in [7, 11) is 0. The molecular formula is C11H20N6OS. The van der Waals surface area contributed by atoms with Gasteiger partial charge >= 0.3 is 0 Å². The molecule has 2 N–H and O–H groups in total. The van der Waals surface area contributed by atoms with E-state index in [0.29, 0.717) is 24.0 Å². The predicted octanol–water partition coefficient (Wildman–Crippen LogP) is 0.126. The number of carbonyl (C=O) groups is 1. The van der Waals surface area contributed by atoms with E-state index < -0.39 is 0 Å². The molecule has 0 aromatic carbocycles. The van der Waals surface area contributed by atoms with Gasteiger partial charge in [-0.05, 0) is 23.3 Å². The number of thioether (sulfide) groups is 1. The van der Waals surface area contributed by atoms with Crippen LogP contribution in [0.5, 0.6) is 0 Å². The molecule has 19 heavy (non-hydrogen) atoms. The van der Waals surface area contributed by atoms with Gasteiger partial charge in [0.15, 0.2) is 0 Å². The molecule has 1 aliphatic rings. The van der Waals surface area contributed by atoms with Gasteiger partial charge in [0.05, 0.1) is 12.3 Å². The highest BCUT2D eigenvalue weighted by Gasteiger charge is 2.17. The summed E-state index contributed by atoms with van der Waals surface area (Å²) in [5.41, 5.74) is 5.48. The number of hydrogen-bond donors (Lipinski definition) is 1. The Morgan fingerprint density at radius 2 is 2.00 bits per heavy atom. The van der Waals surface area contributed by atoms with E-state index in [1.54, 1.807) is 4.68 Å². The lowest BCUT2D eigenvalue weighted by Crippen LogP contribution is -2.33. The van der Waals surface area contributed by atoms with Gasteiger partial charge in [-0.1, -0.05) is 24.6 Å². The van der Waals surface area contributed by atoms with Crippen molar-refractivity contribution in [2.75, 3.05) is 25.4 Å². The summed E-state index contributed by atoms with van der Waals surface area (Å²) >= 11 is 1.38. The van der Waals surface area contributed by atoms with Crippen LogP contribution in [0, 0.1) is 0 Å². The number of amides is 1. The van der Waals surface area contributed by atoms with Crippen molar-refractivity contribution in [2.45, 2.75) is 37.4 Å². The number of nitrogens with two attached hydrogens (primary N) is 1. The number of rotatable bonds is 5. The van der Waals surface area contributed by atoms with E-state index in [4.69, 9.17) is 5.73 Å². The minimum absolute atomic E-state index is 0.175. The minimum atomic E-state index is 0.175. The number of carbonyl (C=O) groups excluding carboxylic acids is 1.